The van der Waals surface area contributed by atoms with Crippen molar-refractivity contribution in [3.63, 3.8) is 0 Å². The van der Waals surface area contributed by atoms with Gasteiger partial charge in [-0.05, 0) is 36.5 Å². The number of halogens is 1. The maximum atomic E-state index is 13.5. The van der Waals surface area contributed by atoms with Crippen LogP contribution in [0.25, 0.3) is 0 Å². The molecule has 1 aromatic carbocycles. The molecule has 1 saturated heterocycles. The Morgan fingerprint density at radius 2 is 2.22 bits per heavy atom. The summed E-state index contributed by atoms with van der Waals surface area (Å²) in [5, 5.41) is 3.49. The molecule has 2 atom stereocenters. The molecule has 100 valence electrons. The van der Waals surface area contributed by atoms with E-state index in [2.05, 4.69) is 19.2 Å². The monoisotopic (exact) mass is 251 g/mol. The fourth-order valence-electron chi connectivity index (χ4n) is 2.37. The van der Waals surface area contributed by atoms with E-state index in [-0.39, 0.29) is 11.9 Å². The number of nitrogens with one attached hydrogen (secondary N) is 1. The molecule has 1 aliphatic rings. The van der Waals surface area contributed by atoms with Crippen molar-refractivity contribution in [2.75, 3.05) is 13.2 Å². The van der Waals surface area contributed by atoms with Crippen molar-refractivity contribution in [1.82, 2.24) is 5.32 Å². The fraction of sp³-hybridized carbons (Fsp3) is 0.600. The Morgan fingerprint density at radius 1 is 1.44 bits per heavy atom. The van der Waals surface area contributed by atoms with Crippen LogP contribution in [0.15, 0.2) is 18.2 Å². The number of morpholine rings is 1. The van der Waals surface area contributed by atoms with Crippen LogP contribution in [0.5, 0.6) is 0 Å². The van der Waals surface area contributed by atoms with Crippen LogP contribution in [-0.2, 0) is 4.74 Å². The second kappa shape index (κ2) is 5.81. The number of ether oxygens (including phenoxy) is 1. The predicted octanol–water partition coefficient (Wildman–Crippen LogP) is 3.21. The molecule has 18 heavy (non-hydrogen) atoms. The Balaban J connectivity index is 1.94. The van der Waals surface area contributed by atoms with Gasteiger partial charge in [0.15, 0.2) is 0 Å². The Hall–Kier alpha value is -0.930. The van der Waals surface area contributed by atoms with Crippen LogP contribution in [0.1, 0.15) is 37.5 Å². The third-order valence-electron chi connectivity index (χ3n) is 3.41. The van der Waals surface area contributed by atoms with Gasteiger partial charge in [-0.1, -0.05) is 26.0 Å². The van der Waals surface area contributed by atoms with Crippen molar-refractivity contribution < 1.29 is 9.13 Å². The van der Waals surface area contributed by atoms with E-state index in [1.807, 2.05) is 12.1 Å². The molecule has 0 aromatic heterocycles. The van der Waals surface area contributed by atoms with Gasteiger partial charge in [-0.2, -0.15) is 0 Å². The van der Waals surface area contributed by atoms with Gasteiger partial charge in [0.2, 0.25) is 0 Å². The zero-order valence-electron chi connectivity index (χ0n) is 11.4. The second-order valence-electron chi connectivity index (χ2n) is 5.57. The molecule has 3 heteroatoms. The molecule has 0 saturated carbocycles. The van der Waals surface area contributed by atoms with Gasteiger partial charge in [-0.15, -0.1) is 0 Å². The average Bonchev–Trinajstić information content (AvgIpc) is 2.33. The van der Waals surface area contributed by atoms with Gasteiger partial charge in [0, 0.05) is 12.6 Å². The molecule has 1 heterocycles. The van der Waals surface area contributed by atoms with E-state index >= 15 is 0 Å². The van der Waals surface area contributed by atoms with Gasteiger partial charge in [-0.25, -0.2) is 4.39 Å². The predicted molar refractivity (Wildman–Crippen MR) is 71.1 cm³/mol. The summed E-state index contributed by atoms with van der Waals surface area (Å²) < 4.78 is 19.4. The zero-order chi connectivity index (χ0) is 13.1. The maximum absolute atomic E-state index is 13.5. The quantitative estimate of drug-likeness (QED) is 0.890. The first-order valence-corrected chi connectivity index (χ1v) is 6.67. The highest BCUT2D eigenvalue weighted by Crippen LogP contribution is 2.23. The van der Waals surface area contributed by atoms with Crippen molar-refractivity contribution in [1.29, 1.82) is 0 Å². The largest absolute Gasteiger partial charge is 0.371 e. The highest BCUT2D eigenvalue weighted by atomic mass is 19.1. The normalized spacial score (nSPS) is 24.5. The molecular weight excluding hydrogens is 229 g/mol. The fourth-order valence-corrected chi connectivity index (χ4v) is 2.37. The highest BCUT2D eigenvalue weighted by molar-refractivity contribution is 5.25. The van der Waals surface area contributed by atoms with E-state index < -0.39 is 0 Å². The van der Waals surface area contributed by atoms with Crippen LogP contribution >= 0.6 is 0 Å². The van der Waals surface area contributed by atoms with Crippen molar-refractivity contribution in [3.05, 3.63) is 35.1 Å². The lowest BCUT2D eigenvalue weighted by Gasteiger charge is -2.31. The molecule has 0 bridgehead atoms. The molecule has 1 fully saturated rings. The number of hydrogen-bond donors (Lipinski definition) is 1. The summed E-state index contributed by atoms with van der Waals surface area (Å²) >= 11 is 0. The maximum Gasteiger partial charge on any atom is 0.126 e. The van der Waals surface area contributed by atoms with E-state index in [1.54, 1.807) is 13.0 Å². The second-order valence-corrected chi connectivity index (χ2v) is 5.57. The molecular formula is C15H22FNO. The van der Waals surface area contributed by atoms with Crippen LogP contribution in [0, 0.1) is 18.7 Å². The van der Waals surface area contributed by atoms with Gasteiger partial charge in [0.1, 0.15) is 5.82 Å². The topological polar surface area (TPSA) is 21.3 Å². The Labute approximate surface area is 109 Å². The molecule has 1 aromatic rings. The number of aryl methyl sites for hydroxylation is 1. The van der Waals surface area contributed by atoms with E-state index in [1.165, 1.54) is 0 Å². The average molecular weight is 251 g/mol. The van der Waals surface area contributed by atoms with Crippen molar-refractivity contribution in [2.45, 2.75) is 39.3 Å². The standard InChI is InChI=1S/C15H22FNO/c1-10(2)6-13-9-18-15(8-17-13)12-5-4-11(3)14(16)7-12/h4-5,7,10,13,15,17H,6,8-9H2,1-3H3. The first-order valence-electron chi connectivity index (χ1n) is 6.67. The molecule has 1 N–H and O–H groups in total. The van der Waals surface area contributed by atoms with Crippen LogP contribution in [-0.4, -0.2) is 19.2 Å². The lowest BCUT2D eigenvalue weighted by Crippen LogP contribution is -2.43. The van der Waals surface area contributed by atoms with Crippen LogP contribution in [0.3, 0.4) is 0 Å². The molecule has 0 radical (unpaired) electrons. The minimum Gasteiger partial charge on any atom is -0.371 e. The molecule has 2 nitrogen and oxygen atoms in total. The smallest absolute Gasteiger partial charge is 0.126 e. The number of hydrogen-bond acceptors (Lipinski definition) is 2. The Bertz CT molecular complexity index is 397. The molecule has 2 rings (SSSR count). The summed E-state index contributed by atoms with van der Waals surface area (Å²) in [6.07, 6.45) is 1.10. The summed E-state index contributed by atoms with van der Waals surface area (Å²) in [7, 11) is 0. The van der Waals surface area contributed by atoms with Crippen LogP contribution < -0.4 is 5.32 Å². The van der Waals surface area contributed by atoms with Gasteiger partial charge in [0.25, 0.3) is 0 Å². The molecule has 0 aliphatic carbocycles. The van der Waals surface area contributed by atoms with Crippen molar-refractivity contribution >= 4 is 0 Å². The summed E-state index contributed by atoms with van der Waals surface area (Å²) in [5.41, 5.74) is 1.61. The van der Waals surface area contributed by atoms with Crippen LogP contribution in [0.4, 0.5) is 4.39 Å². The number of rotatable bonds is 3. The first-order chi connectivity index (χ1) is 8.56. The molecule has 0 amide bonds. The van der Waals surface area contributed by atoms with E-state index in [0.29, 0.717) is 24.1 Å². The highest BCUT2D eigenvalue weighted by Gasteiger charge is 2.23. The Morgan fingerprint density at radius 3 is 2.78 bits per heavy atom. The molecule has 1 aliphatic heterocycles. The van der Waals surface area contributed by atoms with Gasteiger partial charge >= 0.3 is 0 Å². The summed E-state index contributed by atoms with van der Waals surface area (Å²) in [6, 6.07) is 5.78. The first kappa shape index (κ1) is 13.5. The number of benzene rings is 1. The van der Waals surface area contributed by atoms with E-state index in [0.717, 1.165) is 18.5 Å². The summed E-state index contributed by atoms with van der Waals surface area (Å²) in [6.45, 7) is 7.67. The molecule has 0 spiro atoms. The summed E-state index contributed by atoms with van der Waals surface area (Å²) in [5.74, 6) is 0.514. The molecule has 2 unspecified atom stereocenters. The van der Waals surface area contributed by atoms with Gasteiger partial charge in [-0.3, -0.25) is 0 Å². The Kier molecular flexibility index (Phi) is 4.36. The van der Waals surface area contributed by atoms with E-state index in [9.17, 15) is 4.39 Å². The SMILES string of the molecule is Cc1ccc(C2CNC(CC(C)C)CO2)cc1F. The third-order valence-corrected chi connectivity index (χ3v) is 3.41. The lowest BCUT2D eigenvalue weighted by molar-refractivity contribution is -0.00145. The third kappa shape index (κ3) is 3.30. The minimum atomic E-state index is -0.152. The van der Waals surface area contributed by atoms with Crippen LogP contribution in [0.2, 0.25) is 0 Å². The van der Waals surface area contributed by atoms with Gasteiger partial charge in [0.05, 0.1) is 12.7 Å². The summed E-state index contributed by atoms with van der Waals surface area (Å²) in [4.78, 5) is 0. The van der Waals surface area contributed by atoms with E-state index in [4.69, 9.17) is 4.74 Å². The van der Waals surface area contributed by atoms with Crippen molar-refractivity contribution in [3.8, 4) is 0 Å². The van der Waals surface area contributed by atoms with Crippen molar-refractivity contribution in [2.24, 2.45) is 5.92 Å². The minimum absolute atomic E-state index is 0.0245. The zero-order valence-corrected chi connectivity index (χ0v) is 11.4. The van der Waals surface area contributed by atoms with Gasteiger partial charge < -0.3 is 10.1 Å². The lowest BCUT2D eigenvalue weighted by atomic mass is 10.0.